The molecule has 0 spiro atoms. The van der Waals surface area contributed by atoms with Gasteiger partial charge in [0.05, 0.1) is 5.60 Å². The van der Waals surface area contributed by atoms with Gasteiger partial charge in [-0.25, -0.2) is 0 Å². The van der Waals surface area contributed by atoms with Gasteiger partial charge in [-0.15, -0.1) is 0 Å². The molecule has 1 aromatic carbocycles. The molecule has 0 saturated carbocycles. The van der Waals surface area contributed by atoms with Crippen molar-refractivity contribution in [1.29, 1.82) is 0 Å². The average molecular weight is 307 g/mol. The summed E-state index contributed by atoms with van der Waals surface area (Å²) in [5.74, 6) is 0. The molecule has 0 aliphatic heterocycles. The number of benzene rings is 1. The maximum absolute atomic E-state index is 10.6. The number of nitrogens with two attached hydrogens (primary N) is 1. The predicted molar refractivity (Wildman–Crippen MR) is 76.1 cm³/mol. The van der Waals surface area contributed by atoms with E-state index in [1.165, 1.54) is 0 Å². The molecule has 0 fully saturated rings. The van der Waals surface area contributed by atoms with Crippen LogP contribution in [-0.2, 0) is 12.0 Å². The molecule has 94 valence electrons. The van der Waals surface area contributed by atoms with Gasteiger partial charge in [0.25, 0.3) is 0 Å². The maximum Gasteiger partial charge on any atom is 0.0910 e. The lowest BCUT2D eigenvalue weighted by Gasteiger charge is -2.24. The van der Waals surface area contributed by atoms with Crippen molar-refractivity contribution in [2.24, 2.45) is 0 Å². The molecule has 3 N–H and O–H groups in total. The molecule has 1 aromatic heterocycles. The van der Waals surface area contributed by atoms with Crippen molar-refractivity contribution in [2.45, 2.75) is 18.9 Å². The van der Waals surface area contributed by atoms with Gasteiger partial charge < -0.3 is 10.8 Å². The van der Waals surface area contributed by atoms with Gasteiger partial charge in [-0.3, -0.25) is 4.98 Å². The number of aliphatic hydroxyl groups is 1. The van der Waals surface area contributed by atoms with E-state index >= 15 is 0 Å². The molecule has 0 bridgehead atoms. The highest BCUT2D eigenvalue weighted by Crippen LogP contribution is 2.28. The lowest BCUT2D eigenvalue weighted by atomic mass is 9.89. The second kappa shape index (κ2) is 5.08. The zero-order valence-corrected chi connectivity index (χ0v) is 11.7. The van der Waals surface area contributed by atoms with E-state index in [9.17, 15) is 5.11 Å². The predicted octanol–water partition coefficient (Wildman–Crippen LogP) is 2.88. The van der Waals surface area contributed by atoms with Crippen molar-refractivity contribution in [1.82, 2.24) is 4.98 Å². The van der Waals surface area contributed by atoms with Crippen LogP contribution in [0.15, 0.2) is 47.2 Å². The number of nitrogen functional groups attached to an aromatic ring is 1. The Kier molecular flexibility index (Phi) is 3.68. The van der Waals surface area contributed by atoms with Gasteiger partial charge in [0.2, 0.25) is 0 Å². The van der Waals surface area contributed by atoms with Gasteiger partial charge in [-0.05, 0) is 36.2 Å². The van der Waals surface area contributed by atoms with Crippen molar-refractivity contribution in [3.05, 3.63) is 58.3 Å². The van der Waals surface area contributed by atoms with E-state index in [0.717, 1.165) is 15.6 Å². The van der Waals surface area contributed by atoms with E-state index in [1.54, 1.807) is 25.4 Å². The van der Waals surface area contributed by atoms with E-state index in [4.69, 9.17) is 5.73 Å². The smallest absolute Gasteiger partial charge is 0.0910 e. The summed E-state index contributed by atoms with van der Waals surface area (Å²) >= 11 is 3.41. The molecule has 3 nitrogen and oxygen atoms in total. The summed E-state index contributed by atoms with van der Waals surface area (Å²) in [7, 11) is 0. The van der Waals surface area contributed by atoms with E-state index in [0.29, 0.717) is 12.1 Å². The minimum atomic E-state index is -0.971. The maximum atomic E-state index is 10.6. The first-order valence-corrected chi connectivity index (χ1v) is 6.45. The van der Waals surface area contributed by atoms with E-state index in [1.807, 2.05) is 24.3 Å². The zero-order chi connectivity index (χ0) is 13.2. The van der Waals surface area contributed by atoms with Crippen LogP contribution >= 0.6 is 15.9 Å². The van der Waals surface area contributed by atoms with Crippen LogP contribution in [0.1, 0.15) is 18.1 Å². The third-order valence-corrected chi connectivity index (χ3v) is 3.42. The van der Waals surface area contributed by atoms with E-state index < -0.39 is 5.60 Å². The first-order valence-electron chi connectivity index (χ1n) is 5.66. The van der Waals surface area contributed by atoms with Crippen LogP contribution in [-0.4, -0.2) is 10.1 Å². The topological polar surface area (TPSA) is 59.1 Å². The molecule has 0 radical (unpaired) electrons. The van der Waals surface area contributed by atoms with Crippen LogP contribution in [0.2, 0.25) is 0 Å². The number of rotatable bonds is 3. The lowest BCUT2D eigenvalue weighted by Crippen LogP contribution is -2.24. The first-order chi connectivity index (χ1) is 8.49. The van der Waals surface area contributed by atoms with Crippen molar-refractivity contribution >= 4 is 21.6 Å². The molecule has 2 rings (SSSR count). The molecule has 1 unspecified atom stereocenters. The molecule has 1 atom stereocenters. The molecule has 0 aliphatic rings. The van der Waals surface area contributed by atoms with Crippen LogP contribution in [0.5, 0.6) is 0 Å². The highest BCUT2D eigenvalue weighted by molar-refractivity contribution is 9.10. The summed E-state index contributed by atoms with van der Waals surface area (Å²) in [6.45, 7) is 1.78. The van der Waals surface area contributed by atoms with Gasteiger partial charge in [0.15, 0.2) is 0 Å². The monoisotopic (exact) mass is 306 g/mol. The fraction of sp³-hybridized carbons (Fsp3) is 0.214. The van der Waals surface area contributed by atoms with Gasteiger partial charge in [0.1, 0.15) is 0 Å². The minimum absolute atomic E-state index is 0.434. The Morgan fingerprint density at radius 2 is 2.17 bits per heavy atom. The zero-order valence-electron chi connectivity index (χ0n) is 10.1. The van der Waals surface area contributed by atoms with Gasteiger partial charge in [0, 0.05) is 29.0 Å². The molecule has 0 saturated heterocycles. The molecule has 18 heavy (non-hydrogen) atoms. The molecule has 0 aliphatic carbocycles. The Hall–Kier alpha value is -1.39. The van der Waals surface area contributed by atoms with Gasteiger partial charge in [-0.2, -0.15) is 0 Å². The van der Waals surface area contributed by atoms with Crippen LogP contribution < -0.4 is 5.73 Å². The number of nitrogens with zero attached hydrogens (tertiary/aromatic N) is 1. The van der Waals surface area contributed by atoms with Crippen LogP contribution in [0.4, 0.5) is 5.69 Å². The van der Waals surface area contributed by atoms with Crippen LogP contribution in [0, 0.1) is 0 Å². The van der Waals surface area contributed by atoms with Crippen LogP contribution in [0.25, 0.3) is 0 Å². The molecule has 1 heterocycles. The standard InChI is InChI=1S/C14H15BrN2O/c1-14(18,11-3-2-4-12(15)7-11)8-10-9-17-6-5-13(10)16/h2-7,9,18H,8H2,1H3,(H2,16,17). The summed E-state index contributed by atoms with van der Waals surface area (Å²) in [6, 6.07) is 9.38. The SMILES string of the molecule is CC(O)(Cc1cnccc1N)c1cccc(Br)c1. The largest absolute Gasteiger partial charge is 0.398 e. The quantitative estimate of drug-likeness (QED) is 0.916. The fourth-order valence-corrected chi connectivity index (χ4v) is 2.28. The van der Waals surface area contributed by atoms with Crippen molar-refractivity contribution in [2.75, 3.05) is 5.73 Å². The second-order valence-electron chi connectivity index (χ2n) is 4.54. The average Bonchev–Trinajstić information content (AvgIpc) is 2.32. The Labute approximate surface area is 115 Å². The summed E-state index contributed by atoms with van der Waals surface area (Å²) in [6.07, 6.45) is 3.78. The molecular formula is C14H15BrN2O. The van der Waals surface area contributed by atoms with Crippen molar-refractivity contribution in [3.63, 3.8) is 0 Å². The van der Waals surface area contributed by atoms with Crippen molar-refractivity contribution < 1.29 is 5.11 Å². The summed E-state index contributed by atoms with van der Waals surface area (Å²) in [4.78, 5) is 4.04. The van der Waals surface area contributed by atoms with Gasteiger partial charge in [-0.1, -0.05) is 28.1 Å². The number of aromatic nitrogens is 1. The lowest BCUT2D eigenvalue weighted by molar-refractivity contribution is 0.0576. The normalized spacial score (nSPS) is 14.2. The number of pyridine rings is 1. The van der Waals surface area contributed by atoms with Crippen molar-refractivity contribution in [3.8, 4) is 0 Å². The fourth-order valence-electron chi connectivity index (χ4n) is 1.88. The third-order valence-electron chi connectivity index (χ3n) is 2.92. The van der Waals surface area contributed by atoms with E-state index in [2.05, 4.69) is 20.9 Å². The second-order valence-corrected chi connectivity index (χ2v) is 5.45. The van der Waals surface area contributed by atoms with Gasteiger partial charge >= 0.3 is 0 Å². The molecule has 2 aromatic rings. The summed E-state index contributed by atoms with van der Waals surface area (Å²) in [5, 5.41) is 10.6. The minimum Gasteiger partial charge on any atom is -0.398 e. The van der Waals surface area contributed by atoms with E-state index in [-0.39, 0.29) is 0 Å². The number of hydrogen-bond donors (Lipinski definition) is 2. The summed E-state index contributed by atoms with van der Waals surface area (Å²) < 4.78 is 0.944. The Morgan fingerprint density at radius 3 is 2.83 bits per heavy atom. The van der Waals surface area contributed by atoms with Crippen LogP contribution in [0.3, 0.4) is 0 Å². The summed E-state index contributed by atoms with van der Waals surface area (Å²) in [5.41, 5.74) is 7.25. The first kappa shape index (κ1) is 13.1. The number of hydrogen-bond acceptors (Lipinski definition) is 3. The Bertz CT molecular complexity index is 555. The highest BCUT2D eigenvalue weighted by atomic mass is 79.9. The third kappa shape index (κ3) is 2.89. The molecular weight excluding hydrogens is 292 g/mol. The molecule has 4 heteroatoms. The highest BCUT2D eigenvalue weighted by Gasteiger charge is 2.24. The Morgan fingerprint density at radius 1 is 1.39 bits per heavy atom. The number of anilines is 1. The number of halogens is 1. The molecule has 0 amide bonds. The Balaban J connectivity index is 2.30.